The molecule has 3 nitrogen and oxygen atoms in total. The fourth-order valence-corrected chi connectivity index (χ4v) is 3.98. The second-order valence-electron chi connectivity index (χ2n) is 7.24. The first-order chi connectivity index (χ1) is 9.13. The maximum absolute atomic E-state index is 5.85. The number of hydrogen-bond acceptors (Lipinski definition) is 2. The van der Waals surface area contributed by atoms with E-state index in [0.29, 0.717) is 18.6 Å². The van der Waals surface area contributed by atoms with Gasteiger partial charge in [-0.05, 0) is 33.8 Å². The highest BCUT2D eigenvalue weighted by molar-refractivity contribution is 9.10. The van der Waals surface area contributed by atoms with Gasteiger partial charge in [0.1, 0.15) is 6.73 Å². The molecule has 0 atom stereocenters. The third-order valence-corrected chi connectivity index (χ3v) is 5.78. The van der Waals surface area contributed by atoms with Crippen molar-refractivity contribution in [3.05, 3.63) is 15.9 Å². The Bertz CT molecular complexity index is 436. The van der Waals surface area contributed by atoms with Crippen LogP contribution in [0.15, 0.2) is 4.47 Å². The zero-order valence-electron chi connectivity index (χ0n) is 14.0. The lowest BCUT2D eigenvalue weighted by Gasteiger charge is -2.16. The van der Waals surface area contributed by atoms with Crippen molar-refractivity contribution in [3.8, 4) is 0 Å². The number of nitrogens with zero attached hydrogens (tertiary/aromatic N) is 2. The zero-order valence-corrected chi connectivity index (χ0v) is 16.5. The van der Waals surface area contributed by atoms with Crippen molar-refractivity contribution in [1.82, 2.24) is 9.78 Å². The molecule has 0 amide bonds. The molecule has 116 valence electrons. The van der Waals surface area contributed by atoms with Crippen LogP contribution in [0.25, 0.3) is 0 Å². The molecule has 1 aromatic rings. The first-order valence-corrected chi connectivity index (χ1v) is 12.0. The van der Waals surface area contributed by atoms with Crippen molar-refractivity contribution in [1.29, 1.82) is 0 Å². The third kappa shape index (κ3) is 5.01. The van der Waals surface area contributed by atoms with E-state index in [1.165, 1.54) is 11.7 Å². The van der Waals surface area contributed by atoms with Gasteiger partial charge in [-0.25, -0.2) is 4.68 Å². The standard InChI is InChI=1S/C15H29BrN2OSi/c1-11(2)14-13(16)15(12(3)4)18(17-14)10-19-8-9-20(5,6)7/h11-12H,8-10H2,1-7H3. The average molecular weight is 361 g/mol. The molecule has 0 saturated carbocycles. The average Bonchev–Trinajstić information content (AvgIpc) is 2.60. The first-order valence-electron chi connectivity index (χ1n) is 7.47. The van der Waals surface area contributed by atoms with Gasteiger partial charge < -0.3 is 4.74 Å². The molecule has 0 bridgehead atoms. The molecule has 0 unspecified atom stereocenters. The third-order valence-electron chi connectivity index (χ3n) is 3.26. The topological polar surface area (TPSA) is 27.1 Å². The summed E-state index contributed by atoms with van der Waals surface area (Å²) >= 11 is 3.71. The predicted molar refractivity (Wildman–Crippen MR) is 92.2 cm³/mol. The van der Waals surface area contributed by atoms with Crippen LogP contribution in [-0.4, -0.2) is 24.5 Å². The minimum Gasteiger partial charge on any atom is -0.360 e. The van der Waals surface area contributed by atoms with Crippen LogP contribution in [0.1, 0.15) is 50.9 Å². The Morgan fingerprint density at radius 1 is 1.15 bits per heavy atom. The molecule has 0 saturated heterocycles. The summed E-state index contributed by atoms with van der Waals surface area (Å²) in [5.41, 5.74) is 2.36. The van der Waals surface area contributed by atoms with Crippen molar-refractivity contribution < 1.29 is 4.74 Å². The second kappa shape index (κ2) is 7.23. The monoisotopic (exact) mass is 360 g/mol. The van der Waals surface area contributed by atoms with Gasteiger partial charge in [-0.3, -0.25) is 0 Å². The molecular weight excluding hydrogens is 332 g/mol. The molecule has 1 rings (SSSR count). The fraction of sp³-hybridized carbons (Fsp3) is 0.800. The van der Waals surface area contributed by atoms with E-state index >= 15 is 0 Å². The molecule has 0 aliphatic carbocycles. The molecule has 20 heavy (non-hydrogen) atoms. The molecule has 0 aliphatic rings. The van der Waals surface area contributed by atoms with Crippen LogP contribution >= 0.6 is 15.9 Å². The van der Waals surface area contributed by atoms with Gasteiger partial charge in [-0.1, -0.05) is 47.3 Å². The minimum atomic E-state index is -1.02. The maximum atomic E-state index is 5.85. The van der Waals surface area contributed by atoms with Crippen LogP contribution in [-0.2, 0) is 11.5 Å². The number of ether oxygens (including phenoxy) is 1. The van der Waals surface area contributed by atoms with Crippen LogP contribution in [0.2, 0.25) is 25.7 Å². The summed E-state index contributed by atoms with van der Waals surface area (Å²) in [4.78, 5) is 0. The number of aromatic nitrogens is 2. The summed E-state index contributed by atoms with van der Waals surface area (Å²) in [6, 6.07) is 1.20. The van der Waals surface area contributed by atoms with Crippen molar-refractivity contribution in [3.63, 3.8) is 0 Å². The Morgan fingerprint density at radius 2 is 1.75 bits per heavy atom. The van der Waals surface area contributed by atoms with E-state index in [2.05, 4.69) is 63.3 Å². The molecule has 0 aliphatic heterocycles. The molecule has 0 aromatic carbocycles. The van der Waals surface area contributed by atoms with Crippen LogP contribution < -0.4 is 0 Å². The van der Waals surface area contributed by atoms with Crippen LogP contribution in [0.3, 0.4) is 0 Å². The molecule has 1 aromatic heterocycles. The number of rotatable bonds is 7. The van der Waals surface area contributed by atoms with Crippen LogP contribution in [0.5, 0.6) is 0 Å². The van der Waals surface area contributed by atoms with Crippen LogP contribution in [0.4, 0.5) is 0 Å². The van der Waals surface area contributed by atoms with E-state index in [9.17, 15) is 0 Å². The lowest BCUT2D eigenvalue weighted by molar-refractivity contribution is 0.0755. The van der Waals surface area contributed by atoms with Gasteiger partial charge in [0.15, 0.2) is 0 Å². The predicted octanol–water partition coefficient (Wildman–Crippen LogP) is 5.20. The second-order valence-corrected chi connectivity index (χ2v) is 13.7. The van der Waals surface area contributed by atoms with E-state index in [0.717, 1.165) is 16.8 Å². The molecule has 0 spiro atoms. The highest BCUT2D eigenvalue weighted by Crippen LogP contribution is 2.32. The highest BCUT2D eigenvalue weighted by atomic mass is 79.9. The zero-order chi connectivity index (χ0) is 15.5. The summed E-state index contributed by atoms with van der Waals surface area (Å²) in [7, 11) is -1.02. The summed E-state index contributed by atoms with van der Waals surface area (Å²) in [5.74, 6) is 0.857. The Hall–Kier alpha value is -0.133. The summed E-state index contributed by atoms with van der Waals surface area (Å²) in [6.07, 6.45) is 0. The Labute approximate surface area is 133 Å². The van der Waals surface area contributed by atoms with Crippen molar-refractivity contribution in [2.24, 2.45) is 0 Å². The highest BCUT2D eigenvalue weighted by Gasteiger charge is 2.20. The van der Waals surface area contributed by atoms with E-state index in [4.69, 9.17) is 9.84 Å². The van der Waals surface area contributed by atoms with Gasteiger partial charge in [-0.15, -0.1) is 0 Å². The maximum Gasteiger partial charge on any atom is 0.139 e. The van der Waals surface area contributed by atoms with Gasteiger partial charge in [0.05, 0.1) is 15.9 Å². The Kier molecular flexibility index (Phi) is 6.47. The van der Waals surface area contributed by atoms with Crippen LogP contribution in [0, 0.1) is 0 Å². The largest absolute Gasteiger partial charge is 0.360 e. The van der Waals surface area contributed by atoms with Gasteiger partial charge in [0.2, 0.25) is 0 Å². The number of halogens is 1. The lowest BCUT2D eigenvalue weighted by Crippen LogP contribution is -2.22. The van der Waals surface area contributed by atoms with Gasteiger partial charge >= 0.3 is 0 Å². The van der Waals surface area contributed by atoms with E-state index < -0.39 is 8.07 Å². The normalized spacial score (nSPS) is 12.7. The Morgan fingerprint density at radius 3 is 2.20 bits per heavy atom. The number of hydrogen-bond donors (Lipinski definition) is 0. The minimum absolute atomic E-state index is 0.421. The van der Waals surface area contributed by atoms with E-state index in [1.807, 2.05) is 4.68 Å². The van der Waals surface area contributed by atoms with Crippen molar-refractivity contribution in [2.75, 3.05) is 6.61 Å². The summed E-state index contributed by atoms with van der Waals surface area (Å²) < 4.78 is 9.02. The summed E-state index contributed by atoms with van der Waals surface area (Å²) in [6.45, 7) is 17.3. The first kappa shape index (κ1) is 17.9. The van der Waals surface area contributed by atoms with Crippen molar-refractivity contribution in [2.45, 2.75) is 71.9 Å². The van der Waals surface area contributed by atoms with Gasteiger partial charge in [-0.2, -0.15) is 5.10 Å². The Balaban J connectivity index is 2.76. The smallest absolute Gasteiger partial charge is 0.139 e. The fourth-order valence-electron chi connectivity index (χ4n) is 2.02. The quantitative estimate of drug-likeness (QED) is 0.493. The summed E-state index contributed by atoms with van der Waals surface area (Å²) in [5, 5.41) is 4.72. The van der Waals surface area contributed by atoms with Gasteiger partial charge in [0.25, 0.3) is 0 Å². The molecule has 0 radical (unpaired) electrons. The lowest BCUT2D eigenvalue weighted by atomic mass is 10.1. The molecule has 0 fully saturated rings. The molecule has 5 heteroatoms. The molecule has 0 N–H and O–H groups in total. The van der Waals surface area contributed by atoms with E-state index in [-0.39, 0.29) is 0 Å². The molecule has 1 heterocycles. The van der Waals surface area contributed by atoms with Gasteiger partial charge in [0, 0.05) is 14.7 Å². The van der Waals surface area contributed by atoms with E-state index in [1.54, 1.807) is 0 Å². The van der Waals surface area contributed by atoms with Crippen molar-refractivity contribution >= 4 is 24.0 Å². The SMILES string of the molecule is CC(C)c1nn(COCC[Si](C)(C)C)c(C(C)C)c1Br. The molecular formula is C15H29BrN2OSi.